The van der Waals surface area contributed by atoms with E-state index in [1.807, 2.05) is 25.2 Å². The van der Waals surface area contributed by atoms with Gasteiger partial charge in [-0.25, -0.2) is 4.98 Å². The third-order valence-corrected chi connectivity index (χ3v) is 4.24. The Morgan fingerprint density at radius 1 is 1.50 bits per heavy atom. The van der Waals surface area contributed by atoms with E-state index in [1.54, 1.807) is 16.2 Å². The van der Waals surface area contributed by atoms with Gasteiger partial charge in [0.15, 0.2) is 0 Å². The third kappa shape index (κ3) is 2.11. The van der Waals surface area contributed by atoms with Gasteiger partial charge in [-0.05, 0) is 12.1 Å². The first-order chi connectivity index (χ1) is 8.74. The van der Waals surface area contributed by atoms with Crippen molar-refractivity contribution in [3.05, 3.63) is 29.3 Å². The minimum absolute atomic E-state index is 0.157. The number of nitrogens with zero attached hydrogens (tertiary/aromatic N) is 2. The molecular weight excluding hydrogens is 246 g/mol. The summed E-state index contributed by atoms with van der Waals surface area (Å²) in [5.41, 5.74) is 1.02. The van der Waals surface area contributed by atoms with Crippen molar-refractivity contribution in [1.82, 2.24) is 15.2 Å². The lowest BCUT2D eigenvalue weighted by Crippen LogP contribution is -2.50. The molecule has 18 heavy (non-hydrogen) atoms. The van der Waals surface area contributed by atoms with Crippen LogP contribution in [0.3, 0.4) is 0 Å². The molecule has 2 aromatic rings. The topological polar surface area (TPSA) is 45.2 Å². The number of carbonyl (C=O) groups excluding carboxylic acids is 1. The fraction of sp³-hybridized carbons (Fsp3) is 0.385. The molecule has 0 unspecified atom stereocenters. The molecule has 0 aliphatic carbocycles. The lowest BCUT2D eigenvalue weighted by atomic mass is 10.0. The van der Waals surface area contributed by atoms with Gasteiger partial charge in [-0.2, -0.15) is 0 Å². The summed E-state index contributed by atoms with van der Waals surface area (Å²) in [6.45, 7) is 2.22. The number of rotatable bonds is 3. The molecule has 1 N–H and O–H groups in total. The van der Waals surface area contributed by atoms with Gasteiger partial charge in [0.1, 0.15) is 5.01 Å². The van der Waals surface area contributed by atoms with Crippen molar-refractivity contribution in [3.63, 3.8) is 0 Å². The summed E-state index contributed by atoms with van der Waals surface area (Å²) < 4.78 is 1.18. The van der Waals surface area contributed by atoms with Gasteiger partial charge in [0, 0.05) is 20.1 Å². The molecule has 1 fully saturated rings. The van der Waals surface area contributed by atoms with Crippen molar-refractivity contribution in [2.75, 3.05) is 20.1 Å². The number of carbonyl (C=O) groups is 1. The Hall–Kier alpha value is -1.46. The van der Waals surface area contributed by atoms with Crippen LogP contribution in [0.5, 0.6) is 0 Å². The average Bonchev–Trinajstić information content (AvgIpc) is 2.68. The minimum Gasteiger partial charge on any atom is -0.339 e. The largest absolute Gasteiger partial charge is 0.339 e. The molecule has 0 radical (unpaired) electrons. The van der Waals surface area contributed by atoms with Crippen molar-refractivity contribution in [2.45, 2.75) is 6.54 Å². The molecule has 1 amide bonds. The van der Waals surface area contributed by atoms with Gasteiger partial charge >= 0.3 is 0 Å². The van der Waals surface area contributed by atoms with E-state index in [0.29, 0.717) is 6.54 Å². The summed E-state index contributed by atoms with van der Waals surface area (Å²) in [5.74, 6) is 0.373. The Morgan fingerprint density at radius 2 is 2.28 bits per heavy atom. The molecule has 0 bridgehead atoms. The summed E-state index contributed by atoms with van der Waals surface area (Å²) in [4.78, 5) is 18.3. The number of para-hydroxylation sites is 1. The van der Waals surface area contributed by atoms with Crippen LogP contribution in [0, 0.1) is 5.92 Å². The monoisotopic (exact) mass is 261 g/mol. The molecule has 1 aromatic heterocycles. The minimum atomic E-state index is 0.157. The molecule has 1 aliphatic heterocycles. The molecule has 0 saturated carbocycles. The standard InChI is InChI=1S/C13H15N3OS/c1-16(13(17)9-6-14-7-9)8-12-15-10-4-2-3-5-11(10)18-12/h2-5,9,14H,6-8H2,1H3. The van der Waals surface area contributed by atoms with Crippen LogP contribution in [-0.4, -0.2) is 35.9 Å². The van der Waals surface area contributed by atoms with Gasteiger partial charge < -0.3 is 10.2 Å². The highest BCUT2D eigenvalue weighted by Crippen LogP contribution is 2.22. The molecule has 2 heterocycles. The molecular formula is C13H15N3OS. The lowest BCUT2D eigenvalue weighted by molar-refractivity contribution is -0.136. The van der Waals surface area contributed by atoms with E-state index < -0.39 is 0 Å². The van der Waals surface area contributed by atoms with E-state index >= 15 is 0 Å². The Bertz CT molecular complexity index is 543. The van der Waals surface area contributed by atoms with Gasteiger partial charge in [-0.1, -0.05) is 12.1 Å². The zero-order valence-electron chi connectivity index (χ0n) is 10.2. The third-order valence-electron chi connectivity index (χ3n) is 3.22. The highest BCUT2D eigenvalue weighted by molar-refractivity contribution is 7.18. The van der Waals surface area contributed by atoms with E-state index in [0.717, 1.165) is 23.6 Å². The second-order valence-corrected chi connectivity index (χ2v) is 5.74. The first-order valence-corrected chi connectivity index (χ1v) is 6.86. The zero-order valence-corrected chi connectivity index (χ0v) is 11.0. The number of aromatic nitrogens is 1. The van der Waals surface area contributed by atoms with E-state index in [-0.39, 0.29) is 11.8 Å². The predicted molar refractivity (Wildman–Crippen MR) is 72.5 cm³/mol. The highest BCUT2D eigenvalue weighted by Gasteiger charge is 2.27. The van der Waals surface area contributed by atoms with Crippen molar-refractivity contribution in [3.8, 4) is 0 Å². The highest BCUT2D eigenvalue weighted by atomic mass is 32.1. The fourth-order valence-corrected chi connectivity index (χ4v) is 3.06. The quantitative estimate of drug-likeness (QED) is 0.910. The van der Waals surface area contributed by atoms with Crippen LogP contribution in [-0.2, 0) is 11.3 Å². The molecule has 3 rings (SSSR count). The molecule has 0 spiro atoms. The number of benzene rings is 1. The molecule has 1 saturated heterocycles. The normalized spacial score (nSPS) is 15.6. The van der Waals surface area contributed by atoms with E-state index in [9.17, 15) is 4.79 Å². The van der Waals surface area contributed by atoms with Crippen LogP contribution in [0.4, 0.5) is 0 Å². The van der Waals surface area contributed by atoms with E-state index in [2.05, 4.69) is 16.4 Å². The SMILES string of the molecule is CN(Cc1nc2ccccc2s1)C(=O)C1CNC1. The van der Waals surface area contributed by atoms with Crippen molar-refractivity contribution in [2.24, 2.45) is 5.92 Å². The van der Waals surface area contributed by atoms with Gasteiger partial charge in [-0.15, -0.1) is 11.3 Å². The van der Waals surface area contributed by atoms with Crippen molar-refractivity contribution < 1.29 is 4.79 Å². The number of amides is 1. The molecule has 1 aliphatic rings. The van der Waals surface area contributed by atoms with Gasteiger partial charge in [0.05, 0.1) is 22.7 Å². The number of thiazole rings is 1. The van der Waals surface area contributed by atoms with Crippen LogP contribution in [0.15, 0.2) is 24.3 Å². The first-order valence-electron chi connectivity index (χ1n) is 6.04. The van der Waals surface area contributed by atoms with Gasteiger partial charge in [0.25, 0.3) is 0 Å². The molecule has 0 atom stereocenters. The van der Waals surface area contributed by atoms with Crippen LogP contribution in [0.25, 0.3) is 10.2 Å². The second kappa shape index (κ2) is 4.66. The van der Waals surface area contributed by atoms with Crippen LogP contribution >= 0.6 is 11.3 Å². The first kappa shape index (κ1) is 11.6. The predicted octanol–water partition coefficient (Wildman–Crippen LogP) is 1.47. The summed E-state index contributed by atoms with van der Waals surface area (Å²) in [6, 6.07) is 8.07. The lowest BCUT2D eigenvalue weighted by Gasteiger charge is -2.29. The number of nitrogens with one attached hydrogen (secondary N) is 1. The molecule has 5 heteroatoms. The van der Waals surface area contributed by atoms with E-state index in [4.69, 9.17) is 0 Å². The molecule has 1 aromatic carbocycles. The van der Waals surface area contributed by atoms with Crippen LogP contribution < -0.4 is 5.32 Å². The van der Waals surface area contributed by atoms with Crippen LogP contribution in [0.1, 0.15) is 5.01 Å². The van der Waals surface area contributed by atoms with Crippen molar-refractivity contribution >= 4 is 27.5 Å². The second-order valence-electron chi connectivity index (χ2n) is 4.62. The van der Waals surface area contributed by atoms with E-state index in [1.165, 1.54) is 4.70 Å². The Labute approximate surface area is 110 Å². The maximum absolute atomic E-state index is 12.0. The van der Waals surface area contributed by atoms with Gasteiger partial charge in [-0.3, -0.25) is 4.79 Å². The average molecular weight is 261 g/mol. The van der Waals surface area contributed by atoms with Gasteiger partial charge in [0.2, 0.25) is 5.91 Å². The summed E-state index contributed by atoms with van der Waals surface area (Å²) >= 11 is 1.66. The van der Waals surface area contributed by atoms with Crippen molar-refractivity contribution in [1.29, 1.82) is 0 Å². The summed E-state index contributed by atoms with van der Waals surface area (Å²) in [7, 11) is 1.85. The summed E-state index contributed by atoms with van der Waals surface area (Å²) in [5, 5.41) is 4.12. The molecule has 4 nitrogen and oxygen atoms in total. The Kier molecular flexibility index (Phi) is 3.01. The zero-order chi connectivity index (χ0) is 12.5. The molecule has 94 valence electrons. The Morgan fingerprint density at radius 3 is 2.94 bits per heavy atom. The summed E-state index contributed by atoms with van der Waals surface area (Å²) in [6.07, 6.45) is 0. The fourth-order valence-electron chi connectivity index (χ4n) is 2.04. The smallest absolute Gasteiger partial charge is 0.228 e. The van der Waals surface area contributed by atoms with Crippen LogP contribution in [0.2, 0.25) is 0 Å². The maximum Gasteiger partial charge on any atom is 0.228 e. The number of fused-ring (bicyclic) bond motifs is 1. The maximum atomic E-state index is 12.0. The number of hydrogen-bond donors (Lipinski definition) is 1. The number of hydrogen-bond acceptors (Lipinski definition) is 4. The Balaban J connectivity index is 1.73.